The van der Waals surface area contributed by atoms with E-state index < -0.39 is 20.4 Å². The van der Waals surface area contributed by atoms with Gasteiger partial charge in [0.15, 0.2) is 9.84 Å². The maximum Gasteiger partial charge on any atom is 0.288 e. The van der Waals surface area contributed by atoms with Crippen molar-refractivity contribution in [1.29, 1.82) is 0 Å². The largest absolute Gasteiger partial charge is 0.288 e. The predicted octanol–water partition coefficient (Wildman–Crippen LogP) is 1.71. The maximum atomic E-state index is 11.7. The van der Waals surface area contributed by atoms with Gasteiger partial charge >= 0.3 is 0 Å². The molecule has 0 aliphatic carbocycles. The Morgan fingerprint density at radius 2 is 1.95 bits per heavy atom. The Labute approximate surface area is 115 Å². The highest BCUT2D eigenvalue weighted by Gasteiger charge is 2.23. The van der Waals surface area contributed by atoms with Crippen LogP contribution in [-0.4, -0.2) is 29.4 Å². The lowest BCUT2D eigenvalue weighted by Crippen LogP contribution is -2.03. The second-order valence-corrected chi connectivity index (χ2v) is 6.49. The summed E-state index contributed by atoms with van der Waals surface area (Å²) < 4.78 is 25.0. The Morgan fingerprint density at radius 1 is 1.30 bits per heavy atom. The molecule has 0 N–H and O–H groups in total. The van der Waals surface area contributed by atoms with Gasteiger partial charge in [0.05, 0.1) is 10.6 Å². The first-order valence-electron chi connectivity index (χ1n) is 5.69. The van der Waals surface area contributed by atoms with Crippen LogP contribution in [0.1, 0.15) is 5.69 Å². The van der Waals surface area contributed by atoms with Crippen LogP contribution in [0.15, 0.2) is 29.2 Å². The van der Waals surface area contributed by atoms with Gasteiger partial charge in [-0.2, -0.15) is 5.10 Å². The molecule has 0 radical (unpaired) electrons. The Balaban J connectivity index is 2.67. The fourth-order valence-corrected chi connectivity index (χ4v) is 2.69. The van der Waals surface area contributed by atoms with Gasteiger partial charge in [-0.05, 0) is 25.1 Å². The highest BCUT2D eigenvalue weighted by atomic mass is 32.2. The van der Waals surface area contributed by atoms with Crippen LogP contribution in [0.5, 0.6) is 0 Å². The average molecular weight is 295 g/mol. The van der Waals surface area contributed by atoms with E-state index in [1.807, 2.05) is 6.92 Å². The predicted molar refractivity (Wildman–Crippen MR) is 73.1 cm³/mol. The molecule has 7 nitrogen and oxygen atoms in total. The van der Waals surface area contributed by atoms with Gasteiger partial charge in [0.25, 0.3) is 5.69 Å². The third-order valence-electron chi connectivity index (χ3n) is 2.97. The van der Waals surface area contributed by atoms with E-state index in [0.717, 1.165) is 11.9 Å². The summed E-state index contributed by atoms with van der Waals surface area (Å²) >= 11 is 0. The molecule has 0 saturated heterocycles. The topological polar surface area (TPSA) is 95.1 Å². The molecule has 2 rings (SSSR count). The zero-order valence-corrected chi connectivity index (χ0v) is 12.0. The van der Waals surface area contributed by atoms with Crippen molar-refractivity contribution < 1.29 is 13.3 Å². The second-order valence-electron chi connectivity index (χ2n) is 4.51. The van der Waals surface area contributed by atoms with Crippen LogP contribution in [0.4, 0.5) is 5.69 Å². The maximum absolute atomic E-state index is 11.7. The van der Waals surface area contributed by atoms with E-state index in [1.165, 1.54) is 18.2 Å². The highest BCUT2D eigenvalue weighted by molar-refractivity contribution is 7.90. The molecule has 1 aromatic heterocycles. The quantitative estimate of drug-likeness (QED) is 0.634. The summed E-state index contributed by atoms with van der Waals surface area (Å²) in [4.78, 5) is 9.89. The van der Waals surface area contributed by atoms with E-state index in [9.17, 15) is 18.5 Å². The number of aromatic nitrogens is 2. The molecule has 0 aliphatic rings. The molecule has 0 saturated carbocycles. The Hall–Kier alpha value is -2.22. The Bertz CT molecular complexity index is 774. The van der Waals surface area contributed by atoms with Crippen LogP contribution in [0.25, 0.3) is 11.3 Å². The smallest absolute Gasteiger partial charge is 0.272 e. The lowest BCUT2D eigenvalue weighted by Gasteiger charge is -2.03. The van der Waals surface area contributed by atoms with Crippen LogP contribution >= 0.6 is 0 Å². The summed E-state index contributed by atoms with van der Waals surface area (Å²) in [5.41, 5.74) is 1.58. The third-order valence-corrected chi connectivity index (χ3v) is 4.09. The van der Waals surface area contributed by atoms with Crippen LogP contribution in [0.2, 0.25) is 0 Å². The van der Waals surface area contributed by atoms with E-state index in [1.54, 1.807) is 17.8 Å². The summed E-state index contributed by atoms with van der Waals surface area (Å²) in [5, 5.41) is 15.1. The molecular weight excluding hydrogens is 282 g/mol. The number of nitro groups is 1. The third kappa shape index (κ3) is 2.55. The number of benzene rings is 1. The normalized spacial score (nSPS) is 11.6. The lowest BCUT2D eigenvalue weighted by molar-refractivity contribution is -0.387. The zero-order chi connectivity index (χ0) is 15.1. The van der Waals surface area contributed by atoms with Gasteiger partial charge < -0.3 is 0 Å². The molecule has 1 aromatic carbocycles. The Kier molecular flexibility index (Phi) is 3.34. The molecule has 0 unspecified atom stereocenters. The van der Waals surface area contributed by atoms with Crippen LogP contribution in [-0.2, 0) is 16.9 Å². The molecule has 0 bridgehead atoms. The number of sulfone groups is 1. The van der Waals surface area contributed by atoms with Crippen LogP contribution in [0.3, 0.4) is 0 Å². The molecule has 0 spiro atoms. The average Bonchev–Trinajstić information content (AvgIpc) is 2.67. The van der Waals surface area contributed by atoms with Crippen molar-refractivity contribution in [1.82, 2.24) is 9.78 Å². The van der Waals surface area contributed by atoms with Crippen molar-refractivity contribution in [2.75, 3.05) is 6.26 Å². The summed E-state index contributed by atoms with van der Waals surface area (Å²) in [6.45, 7) is 1.86. The molecule has 0 atom stereocenters. The molecule has 0 fully saturated rings. The monoisotopic (exact) mass is 295 g/mol. The van der Waals surface area contributed by atoms with Gasteiger partial charge in [0.1, 0.15) is 4.90 Å². The fraction of sp³-hybridized carbons (Fsp3) is 0.250. The summed E-state index contributed by atoms with van der Waals surface area (Å²) in [6, 6.07) is 5.76. The van der Waals surface area contributed by atoms with E-state index in [2.05, 4.69) is 5.10 Å². The second kappa shape index (κ2) is 4.71. The van der Waals surface area contributed by atoms with Crippen molar-refractivity contribution >= 4 is 15.5 Å². The molecule has 8 heteroatoms. The van der Waals surface area contributed by atoms with Gasteiger partial charge in [-0.15, -0.1) is 0 Å². The first kappa shape index (κ1) is 14.2. The van der Waals surface area contributed by atoms with E-state index in [-0.39, 0.29) is 4.90 Å². The van der Waals surface area contributed by atoms with Crippen molar-refractivity contribution in [3.63, 3.8) is 0 Å². The number of nitrogens with zero attached hydrogens (tertiary/aromatic N) is 3. The van der Waals surface area contributed by atoms with Gasteiger partial charge in [0, 0.05) is 30.6 Å². The minimum atomic E-state index is -3.69. The SMILES string of the molecule is Cc1cc(-c2ccc([N+](=O)[O-])c(S(C)(=O)=O)c2)nn1C. The van der Waals surface area contributed by atoms with Gasteiger partial charge in [0.2, 0.25) is 0 Å². The standard InChI is InChI=1S/C12H13N3O4S/c1-8-6-10(13-14(8)2)9-4-5-11(15(16)17)12(7-9)20(3,18)19/h4-7H,1-3H3. The van der Waals surface area contributed by atoms with Gasteiger partial charge in [-0.1, -0.05) is 0 Å². The van der Waals surface area contributed by atoms with E-state index in [4.69, 9.17) is 0 Å². The number of hydrogen-bond acceptors (Lipinski definition) is 5. The van der Waals surface area contributed by atoms with Crippen molar-refractivity contribution in [3.8, 4) is 11.3 Å². The fourth-order valence-electron chi connectivity index (χ4n) is 1.82. The molecule has 0 aliphatic heterocycles. The molecule has 106 valence electrons. The molecule has 1 heterocycles. The molecule has 2 aromatic rings. The summed E-state index contributed by atoms with van der Waals surface area (Å²) in [6.07, 6.45) is 0.947. The zero-order valence-electron chi connectivity index (χ0n) is 11.2. The number of aryl methyl sites for hydroxylation is 2. The number of nitro benzene ring substituents is 1. The first-order valence-corrected chi connectivity index (χ1v) is 7.59. The minimum Gasteiger partial charge on any atom is -0.272 e. The van der Waals surface area contributed by atoms with E-state index >= 15 is 0 Å². The molecule has 20 heavy (non-hydrogen) atoms. The van der Waals surface area contributed by atoms with Crippen molar-refractivity contribution in [2.24, 2.45) is 7.05 Å². The van der Waals surface area contributed by atoms with Crippen molar-refractivity contribution in [2.45, 2.75) is 11.8 Å². The summed E-state index contributed by atoms with van der Waals surface area (Å²) in [7, 11) is -1.92. The number of rotatable bonds is 3. The highest BCUT2D eigenvalue weighted by Crippen LogP contribution is 2.29. The van der Waals surface area contributed by atoms with E-state index in [0.29, 0.717) is 11.3 Å². The van der Waals surface area contributed by atoms with Gasteiger partial charge in [-0.3, -0.25) is 14.8 Å². The van der Waals surface area contributed by atoms with Gasteiger partial charge in [-0.25, -0.2) is 8.42 Å². The lowest BCUT2D eigenvalue weighted by atomic mass is 10.1. The molecular formula is C12H13N3O4S. The van der Waals surface area contributed by atoms with Crippen LogP contribution in [0, 0.1) is 17.0 Å². The minimum absolute atomic E-state index is 0.302. The number of hydrogen-bond donors (Lipinski definition) is 0. The molecule has 0 amide bonds. The van der Waals surface area contributed by atoms with Crippen molar-refractivity contribution in [3.05, 3.63) is 40.1 Å². The first-order chi connectivity index (χ1) is 9.20. The summed E-state index contributed by atoms with van der Waals surface area (Å²) in [5.74, 6) is 0. The Morgan fingerprint density at radius 3 is 2.40 bits per heavy atom. The van der Waals surface area contributed by atoms with Crippen LogP contribution < -0.4 is 0 Å².